The number of hydrogen-bond donors (Lipinski definition) is 0. The van der Waals surface area contributed by atoms with Gasteiger partial charge in [-0.05, 0) is 82.8 Å². The van der Waals surface area contributed by atoms with Gasteiger partial charge in [-0.15, -0.1) is 11.3 Å². The van der Waals surface area contributed by atoms with Crippen LogP contribution in [0.1, 0.15) is 22.3 Å². The van der Waals surface area contributed by atoms with Crippen LogP contribution in [0.2, 0.25) is 0 Å². The summed E-state index contributed by atoms with van der Waals surface area (Å²) in [5, 5.41) is 4.38. The molecule has 2 aromatic heterocycles. The van der Waals surface area contributed by atoms with E-state index in [1.54, 1.807) is 24.7 Å². The van der Waals surface area contributed by atoms with Gasteiger partial charge in [-0.3, -0.25) is 0 Å². The highest BCUT2D eigenvalue weighted by atomic mass is 32.1. The fraction of sp³-hybridized carbons (Fsp3) is 0.0638. The van der Waals surface area contributed by atoms with E-state index in [-0.39, 0.29) is 0 Å². The van der Waals surface area contributed by atoms with Gasteiger partial charge in [0.2, 0.25) is 0 Å². The number of rotatable bonds is 3. The summed E-state index contributed by atoms with van der Waals surface area (Å²) >= 11 is 1.74. The van der Waals surface area contributed by atoms with Crippen molar-refractivity contribution in [1.29, 1.82) is 0 Å². The monoisotopic (exact) mass is 718 g/mol. The first kappa shape index (κ1) is 30.7. The topological polar surface area (TPSA) is 52.1 Å². The molecule has 2 aliphatic rings. The van der Waals surface area contributed by atoms with Gasteiger partial charge in [-0.25, -0.2) is 9.97 Å². The van der Waals surface area contributed by atoms with E-state index < -0.39 is 12.6 Å². The Kier molecular flexibility index (Phi) is 6.42. The minimum absolute atomic E-state index is 0.567. The first-order valence-electron chi connectivity index (χ1n) is 17.8. The van der Waals surface area contributed by atoms with Crippen molar-refractivity contribution in [2.45, 2.75) is 5.41 Å². The van der Waals surface area contributed by atoms with Crippen LogP contribution in [-0.4, -0.2) is 23.3 Å². The Balaban J connectivity index is 1.21. The third-order valence-electron chi connectivity index (χ3n) is 11.0. The van der Waals surface area contributed by atoms with Crippen molar-refractivity contribution in [3.63, 3.8) is 0 Å². The van der Waals surface area contributed by atoms with Crippen LogP contribution in [0.15, 0.2) is 152 Å². The molecule has 1 spiro atoms. The molecule has 7 aromatic carbocycles. The van der Waals surface area contributed by atoms with Gasteiger partial charge < -0.3 is 9.30 Å². The largest absolute Gasteiger partial charge is 0.457 e. The minimum Gasteiger partial charge on any atom is -0.457 e. The van der Waals surface area contributed by atoms with Gasteiger partial charge in [0.1, 0.15) is 18.6 Å². The van der Waals surface area contributed by atoms with Gasteiger partial charge in [-0.1, -0.05) is 115 Å². The molecule has 6 heteroatoms. The van der Waals surface area contributed by atoms with E-state index in [2.05, 4.69) is 127 Å². The predicted molar refractivity (Wildman–Crippen MR) is 220 cm³/mol. The van der Waals surface area contributed by atoms with E-state index in [0.29, 0.717) is 5.82 Å². The number of nitrogens with zero attached hydrogens (tertiary/aromatic N) is 2. The highest BCUT2D eigenvalue weighted by molar-refractivity contribution is 7.70. The molecule has 0 bridgehead atoms. The van der Waals surface area contributed by atoms with Gasteiger partial charge in [0.15, 0.2) is 5.82 Å². The lowest BCUT2D eigenvalue weighted by molar-refractivity contribution is 0.436. The Morgan fingerprint density at radius 2 is 1.21 bits per heavy atom. The zero-order valence-corrected chi connectivity index (χ0v) is 30.7. The number of fused-ring (bicyclic) bond motifs is 13. The fourth-order valence-corrected chi connectivity index (χ4v) is 10.6. The van der Waals surface area contributed by atoms with Crippen molar-refractivity contribution in [3.8, 4) is 45.3 Å². The van der Waals surface area contributed by atoms with Gasteiger partial charge in [-0.2, -0.15) is 0 Å². The molecule has 9 aromatic rings. The molecular weight excluding hydrogens is 688 g/mol. The van der Waals surface area contributed by atoms with Crippen molar-refractivity contribution in [2.75, 3.05) is 13.3 Å². The summed E-state index contributed by atoms with van der Waals surface area (Å²) in [5.74, 6) is 2.41. The van der Waals surface area contributed by atoms with Crippen LogP contribution in [0.4, 0.5) is 0 Å². The number of aromatic nitrogens is 2. The summed E-state index contributed by atoms with van der Waals surface area (Å²) in [6, 6.07) is 53.7. The summed E-state index contributed by atoms with van der Waals surface area (Å²) in [5.41, 5.74) is 10.4. The highest BCUT2D eigenvalue weighted by Crippen LogP contribution is 2.63. The summed E-state index contributed by atoms with van der Waals surface area (Å²) in [7, 11) is -2.40. The summed E-state index contributed by atoms with van der Waals surface area (Å²) < 4.78 is 21.7. The van der Waals surface area contributed by atoms with Crippen LogP contribution in [0.25, 0.3) is 64.8 Å². The molecule has 1 aliphatic carbocycles. The SMILES string of the molecule is CP(C)(=O)c1ccc(-c2nc(-c3ccc4c(c3)-c3cc5ccccc5cc3C43c4ccccc4Oc4ccccc43)c3sc4ccccc4c3n2)cc1. The molecule has 0 radical (unpaired) electrons. The third kappa shape index (κ3) is 4.39. The molecule has 53 heavy (non-hydrogen) atoms. The second kappa shape index (κ2) is 11.1. The smallest absolute Gasteiger partial charge is 0.160 e. The van der Waals surface area contributed by atoms with Crippen molar-refractivity contribution < 1.29 is 9.30 Å². The van der Waals surface area contributed by atoms with E-state index in [0.717, 1.165) is 60.4 Å². The second-order valence-corrected chi connectivity index (χ2v) is 18.7. The van der Waals surface area contributed by atoms with Gasteiger partial charge in [0.25, 0.3) is 0 Å². The summed E-state index contributed by atoms with van der Waals surface area (Å²) in [6.07, 6.45) is 0. The lowest BCUT2D eigenvalue weighted by atomic mass is 9.66. The Hall–Kier alpha value is -5.87. The van der Waals surface area contributed by atoms with Crippen LogP contribution < -0.4 is 10.0 Å². The maximum atomic E-state index is 12.9. The Morgan fingerprint density at radius 3 is 1.94 bits per heavy atom. The minimum atomic E-state index is -2.40. The standard InChI is InChI=1S/C47H31N2O2PS/c1-52(2,50)32-22-19-28(20-23-32)46-48-43(45-44(49-46)33-13-5-10-18-42(33)53-45)31-21-24-36-34(26-31)35-25-29-11-3-4-12-30(29)27-39(35)47(36)37-14-6-8-16-40(37)51-41-17-9-7-15-38(41)47/h3-27H,1-2H3. The molecule has 0 fully saturated rings. The van der Waals surface area contributed by atoms with Crippen LogP contribution in [0.3, 0.4) is 0 Å². The highest BCUT2D eigenvalue weighted by Gasteiger charge is 2.51. The normalized spacial score (nSPS) is 13.8. The summed E-state index contributed by atoms with van der Waals surface area (Å²) in [4.78, 5) is 10.5. The zero-order valence-electron chi connectivity index (χ0n) is 29.0. The lowest BCUT2D eigenvalue weighted by Crippen LogP contribution is -2.32. The van der Waals surface area contributed by atoms with Crippen LogP contribution in [-0.2, 0) is 9.98 Å². The second-order valence-electron chi connectivity index (χ2n) is 14.4. The van der Waals surface area contributed by atoms with E-state index in [1.165, 1.54) is 37.7 Å². The predicted octanol–water partition coefficient (Wildman–Crippen LogP) is 12.0. The Bertz CT molecular complexity index is 3000. The van der Waals surface area contributed by atoms with E-state index in [4.69, 9.17) is 14.7 Å². The third-order valence-corrected chi connectivity index (χ3v) is 13.8. The van der Waals surface area contributed by atoms with E-state index in [9.17, 15) is 4.57 Å². The molecule has 1 aliphatic heterocycles. The van der Waals surface area contributed by atoms with E-state index >= 15 is 0 Å². The maximum absolute atomic E-state index is 12.9. The molecule has 0 unspecified atom stereocenters. The Labute approximate surface area is 310 Å². The zero-order chi connectivity index (χ0) is 35.5. The van der Waals surface area contributed by atoms with Crippen LogP contribution >= 0.6 is 18.5 Å². The lowest BCUT2D eigenvalue weighted by Gasteiger charge is -2.39. The first-order chi connectivity index (χ1) is 25.9. The van der Waals surface area contributed by atoms with Crippen molar-refractivity contribution in [1.82, 2.24) is 9.97 Å². The molecule has 0 saturated heterocycles. The Morgan fingerprint density at radius 1 is 0.585 bits per heavy atom. The molecule has 3 heterocycles. The van der Waals surface area contributed by atoms with Gasteiger partial charge in [0, 0.05) is 37.6 Å². The molecular formula is C47H31N2O2PS. The van der Waals surface area contributed by atoms with Crippen LogP contribution in [0.5, 0.6) is 11.5 Å². The molecule has 0 amide bonds. The van der Waals surface area contributed by atoms with Gasteiger partial charge >= 0.3 is 0 Å². The molecule has 252 valence electrons. The number of hydrogen-bond acceptors (Lipinski definition) is 5. The molecule has 4 nitrogen and oxygen atoms in total. The van der Waals surface area contributed by atoms with E-state index in [1.807, 2.05) is 24.3 Å². The van der Waals surface area contributed by atoms with Crippen molar-refractivity contribution in [2.24, 2.45) is 0 Å². The molecule has 0 saturated carbocycles. The quantitative estimate of drug-likeness (QED) is 0.171. The number of benzene rings is 7. The molecule has 11 rings (SSSR count). The molecule has 0 N–H and O–H groups in total. The maximum Gasteiger partial charge on any atom is 0.160 e. The average molecular weight is 719 g/mol. The van der Waals surface area contributed by atoms with Gasteiger partial charge in [0.05, 0.1) is 21.3 Å². The average Bonchev–Trinajstić information content (AvgIpc) is 3.70. The van der Waals surface area contributed by atoms with Crippen LogP contribution in [0, 0.1) is 0 Å². The number of para-hydroxylation sites is 2. The van der Waals surface area contributed by atoms with Crippen molar-refractivity contribution in [3.05, 3.63) is 174 Å². The molecule has 0 atom stereocenters. The number of thiophene rings is 1. The fourth-order valence-electron chi connectivity index (χ4n) is 8.62. The first-order valence-corrected chi connectivity index (χ1v) is 21.2. The summed E-state index contributed by atoms with van der Waals surface area (Å²) in [6.45, 7) is 3.60. The van der Waals surface area contributed by atoms with Crippen molar-refractivity contribution >= 4 is 54.9 Å². The number of ether oxygens (including phenoxy) is 1.